The van der Waals surface area contributed by atoms with Crippen LogP contribution in [0.3, 0.4) is 0 Å². The van der Waals surface area contributed by atoms with Gasteiger partial charge in [-0.2, -0.15) is 0 Å². The second-order valence-corrected chi connectivity index (χ2v) is 23.5. The average Bonchev–Trinajstić information content (AvgIpc) is 2.67. The second-order valence-electron chi connectivity index (χ2n) is 19.3. The third-order valence-electron chi connectivity index (χ3n) is 13.1. The number of nitrogens with zero attached hydrogens (tertiary/aromatic N) is 4. The van der Waals surface area contributed by atoms with Crippen LogP contribution in [0.2, 0.25) is 40.2 Å². The highest BCUT2D eigenvalue weighted by molar-refractivity contribution is 9.10. The first-order valence-electron chi connectivity index (χ1n) is 26.8. The summed E-state index contributed by atoms with van der Waals surface area (Å²) in [5, 5.41) is 18.2. The molecule has 2 heterocycles. The normalized spacial score (nSPS) is 10.6. The van der Waals surface area contributed by atoms with Crippen molar-refractivity contribution in [2.24, 2.45) is 0 Å². The van der Waals surface area contributed by atoms with Gasteiger partial charge in [-0.25, -0.2) is 9.97 Å². The smallest absolute Gasteiger partial charge is 0.293 e. The molecule has 11 rings (SSSR count). The highest BCUT2D eigenvalue weighted by atomic mass is 79.9. The molecule has 86 heavy (non-hydrogen) atoms. The lowest BCUT2D eigenvalue weighted by Gasteiger charge is -2.12. The number of fused-ring (bicyclic) bond motifs is 2. The van der Waals surface area contributed by atoms with Crippen LogP contribution >= 0.6 is 109 Å². The van der Waals surface area contributed by atoms with Crippen LogP contribution in [0.4, 0.5) is 22.7 Å². The van der Waals surface area contributed by atoms with Gasteiger partial charge in [0.15, 0.2) is 0 Å². The van der Waals surface area contributed by atoms with E-state index in [-0.39, 0.29) is 11.4 Å². The lowest BCUT2D eigenvalue weighted by Crippen LogP contribution is -2.09. The predicted octanol–water partition coefficient (Wildman–Crippen LogP) is 22.5. The monoisotopic (exact) mass is 1370 g/mol. The van der Waals surface area contributed by atoms with E-state index in [4.69, 9.17) is 109 Å². The third kappa shape index (κ3) is 17.7. The van der Waals surface area contributed by atoms with E-state index in [0.29, 0.717) is 57.0 Å². The zero-order chi connectivity index (χ0) is 62.2. The topological polar surface area (TPSA) is 171 Å². The number of halogens is 9. The van der Waals surface area contributed by atoms with Gasteiger partial charge < -0.3 is 26.3 Å². The van der Waals surface area contributed by atoms with Gasteiger partial charge >= 0.3 is 0 Å². The molecule has 6 N–H and O–H groups in total. The average molecular weight is 1370 g/mol. The number of aryl methyl sites for hydroxylation is 3. The van der Waals surface area contributed by atoms with E-state index in [1.807, 2.05) is 104 Å². The number of nitrogens with one attached hydrogen (secondary N) is 2. The molecule has 0 fully saturated rings. The summed E-state index contributed by atoms with van der Waals surface area (Å²) >= 11 is 51.8. The first-order chi connectivity index (χ1) is 41.1. The highest BCUT2D eigenvalue weighted by Crippen LogP contribution is 2.41. The number of nitro benzene ring substituents is 1. The largest absolute Gasteiger partial charge is 0.398 e. The van der Waals surface area contributed by atoms with Gasteiger partial charge in [-0.3, -0.25) is 14.9 Å². The summed E-state index contributed by atoms with van der Waals surface area (Å²) < 4.78 is 3.28. The molecule has 0 atom stereocenters. The van der Waals surface area contributed by atoms with E-state index in [0.717, 1.165) is 78.3 Å². The minimum Gasteiger partial charge on any atom is -0.398 e. The van der Waals surface area contributed by atoms with Crippen LogP contribution in [-0.2, 0) is 11.3 Å². The molecule has 0 radical (unpaired) electrons. The van der Waals surface area contributed by atoms with E-state index < -0.39 is 10.8 Å². The number of aromatic nitrogens is 4. The second kappa shape index (κ2) is 31.7. The molecule has 11 nitrogen and oxygen atoms in total. The Morgan fingerprint density at radius 3 is 1.51 bits per heavy atom. The van der Waals surface area contributed by atoms with Crippen molar-refractivity contribution in [3.8, 4) is 44.5 Å². The number of carbonyl (C=O) groups is 1. The van der Waals surface area contributed by atoms with Gasteiger partial charge in [0.25, 0.3) is 5.69 Å². The number of carbonyl (C=O) groups excluding carboxylic acids is 1. The van der Waals surface area contributed by atoms with Gasteiger partial charge in [-0.05, 0) is 115 Å². The number of nitro groups is 1. The molecule has 0 spiro atoms. The zero-order valence-corrected chi connectivity index (χ0v) is 54.5. The van der Waals surface area contributed by atoms with E-state index in [9.17, 15) is 14.9 Å². The van der Waals surface area contributed by atoms with Crippen LogP contribution in [0.15, 0.2) is 180 Å². The summed E-state index contributed by atoms with van der Waals surface area (Å²) in [6.45, 7) is 8.55. The van der Waals surface area contributed by atoms with Crippen LogP contribution in [0, 0.1) is 24.0 Å². The number of nitrogens with two attached hydrogens (primary N) is 2. The molecule has 0 aliphatic rings. The van der Waals surface area contributed by atoms with Crippen molar-refractivity contribution in [3.05, 3.63) is 242 Å². The SMILES string of the molecule is CC(=O)Nc1c(-c2ccc(Cl)cc2Cl)cccc1[N+](=O)[O-].CCCCCCn1c(C)nc2c(-c3ccc(Cl)cc3Cl)cccc21.Cc1nc2c(-c3ccc(Cl)cc3Cl)cccc2[nH]1.Nc1ccccc1-c1ccc(Cl)cc1Cl.Nc1ccccc1Br. The number of hydrogen-bond acceptors (Lipinski definition) is 7. The van der Waals surface area contributed by atoms with Gasteiger partial charge in [-0.1, -0.05) is 210 Å². The Hall–Kier alpha value is -6.81. The number of hydrogen-bond donors (Lipinski definition) is 4. The first kappa shape index (κ1) is 66.7. The van der Waals surface area contributed by atoms with E-state index in [2.05, 4.69) is 67.8 Å². The van der Waals surface area contributed by atoms with Crippen molar-refractivity contribution < 1.29 is 9.72 Å². The summed E-state index contributed by atoms with van der Waals surface area (Å²) in [5.74, 6) is 1.54. The summed E-state index contributed by atoms with van der Waals surface area (Å²) in [4.78, 5) is 34.4. The number of unbranched alkanes of at least 4 members (excludes halogenated alkanes) is 3. The van der Waals surface area contributed by atoms with Gasteiger partial charge in [0.1, 0.15) is 17.3 Å². The molecule has 9 aromatic carbocycles. The van der Waals surface area contributed by atoms with Gasteiger partial charge in [-0.15, -0.1) is 0 Å². The Balaban J connectivity index is 0.000000159. The van der Waals surface area contributed by atoms with Crippen molar-refractivity contribution in [3.63, 3.8) is 0 Å². The van der Waals surface area contributed by atoms with Gasteiger partial charge in [0.05, 0.1) is 27.0 Å². The fourth-order valence-corrected chi connectivity index (χ4v) is 11.4. The fourth-order valence-electron chi connectivity index (χ4n) is 9.11. The standard InChI is InChI=1S/C20H22Cl2N2.C14H10Cl2N2O3.C14H10Cl2N2.C12H9Cl2N.C6H6BrN/c1-3-4-5-6-12-24-14(2)23-20-17(8-7-9-19(20)24)16-11-10-15(21)13-18(16)22;1-8(19)17-14-11(3-2-4-13(14)18(20)21)10-6-5-9(15)7-12(10)16;1-8-17-13-4-2-3-11(14(13)18-8)10-6-5-9(15)7-12(10)16;13-8-5-6-9(11(14)7-8)10-3-1-2-4-12(10)15;7-5-3-1-2-4-6(5)8/h7-11,13H,3-6,12H2,1-2H3;2-7H,1H3,(H,17,19);2-7H,1H3,(H,17,18);1-7H,15H2;1-4H,8H2. The summed E-state index contributed by atoms with van der Waals surface area (Å²) in [6.07, 6.45) is 4.99. The summed E-state index contributed by atoms with van der Waals surface area (Å²) in [5.41, 5.74) is 23.7. The number of H-pyrrole nitrogens is 1. The maximum absolute atomic E-state index is 11.3. The van der Waals surface area contributed by atoms with E-state index >= 15 is 0 Å². The van der Waals surface area contributed by atoms with E-state index in [1.54, 1.807) is 42.5 Å². The quantitative estimate of drug-likeness (QED) is 0.0432. The first-order valence-corrected chi connectivity index (χ1v) is 30.6. The molecule has 0 unspecified atom stereocenters. The maximum atomic E-state index is 11.3. The summed E-state index contributed by atoms with van der Waals surface area (Å²) in [7, 11) is 0. The number of rotatable bonds is 11. The van der Waals surface area contributed by atoms with Crippen molar-refractivity contribution in [2.75, 3.05) is 16.8 Å². The Kier molecular flexibility index (Phi) is 24.6. The van der Waals surface area contributed by atoms with Crippen LogP contribution in [0.25, 0.3) is 66.6 Å². The van der Waals surface area contributed by atoms with Gasteiger partial charge in [0, 0.05) is 120 Å². The molecule has 11 aromatic rings. The minimum absolute atomic E-state index is 0.110. The number of amides is 1. The Labute approximate surface area is 547 Å². The van der Waals surface area contributed by atoms with Crippen molar-refractivity contribution in [1.29, 1.82) is 0 Å². The lowest BCUT2D eigenvalue weighted by atomic mass is 10.0. The predicted molar refractivity (Wildman–Crippen MR) is 368 cm³/mol. The fraction of sp³-hybridized carbons (Fsp3) is 0.136. The molecular weight excluding hydrogens is 1320 g/mol. The van der Waals surface area contributed by atoms with Crippen LogP contribution in [-0.4, -0.2) is 30.3 Å². The van der Waals surface area contributed by atoms with Crippen LogP contribution in [0.5, 0.6) is 0 Å². The van der Waals surface area contributed by atoms with Crippen LogP contribution < -0.4 is 16.8 Å². The number of imidazole rings is 2. The number of nitrogen functional groups attached to an aromatic ring is 2. The van der Waals surface area contributed by atoms with Crippen LogP contribution in [0.1, 0.15) is 51.2 Å². The molecule has 2 aromatic heterocycles. The van der Waals surface area contributed by atoms with Crippen molar-refractivity contribution in [2.45, 2.75) is 59.9 Å². The molecule has 0 saturated heterocycles. The number of benzene rings is 9. The molecule has 0 saturated carbocycles. The minimum atomic E-state index is -0.557. The molecule has 20 heteroatoms. The molecule has 442 valence electrons. The number of anilines is 3. The Morgan fingerprint density at radius 2 is 1.02 bits per heavy atom. The molecule has 1 amide bonds. The van der Waals surface area contributed by atoms with E-state index in [1.165, 1.54) is 56.3 Å². The molecular formula is C66H57BrCl8N8O3. The number of aromatic amines is 1. The maximum Gasteiger partial charge on any atom is 0.293 e. The zero-order valence-electron chi connectivity index (χ0n) is 46.8. The molecule has 0 aliphatic carbocycles. The Bertz CT molecular complexity index is 4170. The number of para-hydroxylation sites is 5. The van der Waals surface area contributed by atoms with Crippen molar-refractivity contribution in [1.82, 2.24) is 19.5 Å². The summed E-state index contributed by atoms with van der Waals surface area (Å²) in [6, 6.07) is 53.3. The highest BCUT2D eigenvalue weighted by Gasteiger charge is 2.21. The lowest BCUT2D eigenvalue weighted by molar-refractivity contribution is -0.383. The Morgan fingerprint density at radius 1 is 0.558 bits per heavy atom. The molecule has 0 aliphatic heterocycles. The van der Waals surface area contributed by atoms with Crippen molar-refractivity contribution >= 4 is 159 Å². The van der Waals surface area contributed by atoms with Gasteiger partial charge in [0.2, 0.25) is 5.91 Å². The third-order valence-corrected chi connectivity index (χ3v) is 16.0. The molecule has 0 bridgehead atoms.